The molecule has 4 rings (SSSR count). The van der Waals surface area contributed by atoms with Crippen LogP contribution in [0.2, 0.25) is 0 Å². The number of methoxy groups -OCH3 is 1. The SMILES string of the molecule is COC(=O)c1sc(C2=CCCCC2)cc1N(C(=O)[C@H]1CC[C@H](C)CC1)C1CCN(C(=O)OC(C)(C)C)CC1. The van der Waals surface area contributed by atoms with E-state index in [-0.39, 0.29) is 24.0 Å². The lowest BCUT2D eigenvalue weighted by Crippen LogP contribution is -2.51. The molecule has 8 heteroatoms. The molecule has 7 nitrogen and oxygen atoms in total. The predicted molar refractivity (Wildman–Crippen MR) is 152 cm³/mol. The van der Waals surface area contributed by atoms with Crippen LogP contribution >= 0.6 is 11.3 Å². The first-order valence-corrected chi connectivity index (χ1v) is 15.1. The molecule has 0 bridgehead atoms. The van der Waals surface area contributed by atoms with E-state index in [2.05, 4.69) is 19.1 Å². The van der Waals surface area contributed by atoms with Crippen LogP contribution < -0.4 is 4.90 Å². The van der Waals surface area contributed by atoms with E-state index in [1.807, 2.05) is 25.7 Å². The largest absolute Gasteiger partial charge is 0.465 e. The Labute approximate surface area is 231 Å². The van der Waals surface area contributed by atoms with E-state index in [1.165, 1.54) is 30.4 Å². The van der Waals surface area contributed by atoms with Crippen LogP contribution in [0.3, 0.4) is 0 Å². The fourth-order valence-electron chi connectivity index (χ4n) is 5.85. The van der Waals surface area contributed by atoms with Gasteiger partial charge in [0.1, 0.15) is 10.5 Å². The van der Waals surface area contributed by atoms with E-state index in [0.717, 1.165) is 49.8 Å². The third-order valence-electron chi connectivity index (χ3n) is 8.03. The first-order valence-electron chi connectivity index (χ1n) is 14.3. The Kier molecular flexibility index (Phi) is 9.22. The molecule has 2 heterocycles. The molecule has 0 N–H and O–H groups in total. The number of nitrogens with zero attached hydrogens (tertiary/aromatic N) is 2. The van der Waals surface area contributed by atoms with Crippen LogP contribution in [0.5, 0.6) is 0 Å². The molecule has 0 aromatic carbocycles. The minimum atomic E-state index is -0.551. The van der Waals surface area contributed by atoms with Crippen molar-refractivity contribution >= 4 is 40.6 Å². The summed E-state index contributed by atoms with van der Waals surface area (Å²) in [5, 5.41) is 0. The number of hydrogen-bond acceptors (Lipinski definition) is 6. The van der Waals surface area contributed by atoms with Crippen LogP contribution in [0.25, 0.3) is 5.57 Å². The van der Waals surface area contributed by atoms with E-state index in [1.54, 1.807) is 4.90 Å². The highest BCUT2D eigenvalue weighted by Crippen LogP contribution is 2.41. The van der Waals surface area contributed by atoms with Gasteiger partial charge in [-0.15, -0.1) is 11.3 Å². The normalized spacial score (nSPS) is 23.0. The van der Waals surface area contributed by atoms with E-state index in [0.29, 0.717) is 42.4 Å². The summed E-state index contributed by atoms with van der Waals surface area (Å²) in [6.45, 7) is 8.89. The molecule has 1 saturated carbocycles. The van der Waals surface area contributed by atoms with Crippen LogP contribution in [0.1, 0.15) is 106 Å². The van der Waals surface area contributed by atoms with Gasteiger partial charge >= 0.3 is 12.1 Å². The number of piperidine rings is 1. The smallest absolute Gasteiger partial charge is 0.410 e. The second-order valence-corrected chi connectivity index (χ2v) is 13.2. The van der Waals surface area contributed by atoms with Gasteiger partial charge in [0.05, 0.1) is 12.8 Å². The topological polar surface area (TPSA) is 76.2 Å². The Balaban J connectivity index is 1.65. The number of anilines is 1. The van der Waals surface area contributed by atoms with E-state index in [9.17, 15) is 14.4 Å². The summed E-state index contributed by atoms with van der Waals surface area (Å²) in [5.74, 6) is 0.313. The number of ether oxygens (including phenoxy) is 2. The van der Waals surface area contributed by atoms with E-state index < -0.39 is 11.6 Å². The molecule has 0 spiro atoms. The molecule has 2 aliphatic carbocycles. The van der Waals surface area contributed by atoms with Crippen molar-refractivity contribution in [2.45, 2.75) is 104 Å². The van der Waals surface area contributed by atoms with Crippen molar-refractivity contribution in [1.29, 1.82) is 0 Å². The van der Waals surface area contributed by atoms with Gasteiger partial charge in [0.25, 0.3) is 0 Å². The maximum atomic E-state index is 14.2. The van der Waals surface area contributed by atoms with Gasteiger partial charge in [-0.25, -0.2) is 9.59 Å². The Hall–Kier alpha value is -2.35. The third kappa shape index (κ3) is 6.80. The summed E-state index contributed by atoms with van der Waals surface area (Å²) in [5.41, 5.74) is 1.39. The number of likely N-dealkylation sites (tertiary alicyclic amines) is 1. The lowest BCUT2D eigenvalue weighted by molar-refractivity contribution is -0.124. The number of amides is 2. The minimum absolute atomic E-state index is 0.0437. The van der Waals surface area contributed by atoms with E-state index >= 15 is 0 Å². The highest BCUT2D eigenvalue weighted by Gasteiger charge is 2.38. The second kappa shape index (κ2) is 12.2. The van der Waals surface area contributed by atoms with Gasteiger partial charge in [-0.2, -0.15) is 0 Å². The molecule has 0 unspecified atom stereocenters. The Bertz CT molecular complexity index is 1040. The van der Waals surface area contributed by atoms with Crippen molar-refractivity contribution in [1.82, 2.24) is 4.90 Å². The number of rotatable bonds is 5. The maximum absolute atomic E-state index is 14.2. The number of carbonyl (C=O) groups excluding carboxylic acids is 3. The summed E-state index contributed by atoms with van der Waals surface area (Å²) in [4.78, 5) is 45.1. The second-order valence-electron chi connectivity index (χ2n) is 12.2. The zero-order chi connectivity index (χ0) is 27.4. The quantitative estimate of drug-likeness (QED) is 0.371. The van der Waals surface area contributed by atoms with Gasteiger partial charge in [-0.05, 0) is 103 Å². The molecule has 0 atom stereocenters. The van der Waals surface area contributed by atoms with E-state index in [4.69, 9.17) is 9.47 Å². The summed E-state index contributed by atoms with van der Waals surface area (Å²) >= 11 is 1.45. The zero-order valence-electron chi connectivity index (χ0n) is 23.7. The zero-order valence-corrected chi connectivity index (χ0v) is 24.5. The van der Waals surface area contributed by atoms with Gasteiger partial charge in [0.2, 0.25) is 5.91 Å². The van der Waals surface area contributed by atoms with Crippen molar-refractivity contribution in [2.75, 3.05) is 25.1 Å². The van der Waals surface area contributed by atoms with Crippen molar-refractivity contribution in [3.8, 4) is 0 Å². The summed E-state index contributed by atoms with van der Waals surface area (Å²) in [6.07, 6.45) is 11.5. The van der Waals surface area contributed by atoms with Gasteiger partial charge < -0.3 is 19.3 Å². The maximum Gasteiger partial charge on any atom is 0.410 e. The first kappa shape index (κ1) is 28.7. The molecule has 38 heavy (non-hydrogen) atoms. The Morgan fingerprint density at radius 3 is 2.29 bits per heavy atom. The van der Waals surface area contributed by atoms with Gasteiger partial charge in [0, 0.05) is 29.9 Å². The fraction of sp³-hybridized carbons (Fsp3) is 0.700. The predicted octanol–water partition coefficient (Wildman–Crippen LogP) is 7.05. The molecular formula is C30H44N2O5S. The molecule has 0 radical (unpaired) electrons. The molecule has 2 amide bonds. The third-order valence-corrected chi connectivity index (χ3v) is 9.21. The van der Waals surface area contributed by atoms with Crippen LogP contribution in [0.15, 0.2) is 12.1 Å². The molecule has 1 aromatic rings. The average molecular weight is 545 g/mol. The Morgan fingerprint density at radius 2 is 1.71 bits per heavy atom. The standard InChI is InChI=1S/C30H44N2O5S/c1-20-11-13-22(14-12-20)27(33)32(23-15-17-31(18-16-23)29(35)37-30(2,3)4)24-19-25(21-9-7-6-8-10-21)38-26(24)28(34)36-5/h9,19-20,22-23H,6-8,10-18H2,1-5H3/t20-,22-. The van der Waals surface area contributed by atoms with Gasteiger partial charge in [-0.3, -0.25) is 4.79 Å². The van der Waals surface area contributed by atoms with Crippen molar-refractivity contribution < 1.29 is 23.9 Å². The van der Waals surface area contributed by atoms with Crippen LogP contribution in [0.4, 0.5) is 10.5 Å². The number of hydrogen-bond donors (Lipinski definition) is 0. The van der Waals surface area contributed by atoms with Crippen LogP contribution in [-0.2, 0) is 14.3 Å². The van der Waals surface area contributed by atoms with Crippen molar-refractivity contribution in [2.24, 2.45) is 11.8 Å². The molecule has 3 aliphatic rings. The fourth-order valence-corrected chi connectivity index (χ4v) is 6.99. The summed E-state index contributed by atoms with van der Waals surface area (Å²) in [6, 6.07) is 1.96. The van der Waals surface area contributed by atoms with Gasteiger partial charge in [-0.1, -0.05) is 13.0 Å². The lowest BCUT2D eigenvalue weighted by atomic mass is 9.82. The molecule has 2 fully saturated rings. The first-order chi connectivity index (χ1) is 18.1. The number of carbonyl (C=O) groups is 3. The number of thiophene rings is 1. The van der Waals surface area contributed by atoms with Crippen LogP contribution in [0, 0.1) is 11.8 Å². The number of allylic oxidation sites excluding steroid dienone is 2. The number of esters is 1. The van der Waals surface area contributed by atoms with Crippen molar-refractivity contribution in [3.05, 3.63) is 21.9 Å². The summed E-state index contributed by atoms with van der Waals surface area (Å²) < 4.78 is 10.8. The lowest BCUT2D eigenvalue weighted by Gasteiger charge is -2.40. The molecule has 1 aliphatic heterocycles. The average Bonchev–Trinajstić information content (AvgIpc) is 3.33. The molecule has 210 valence electrons. The minimum Gasteiger partial charge on any atom is -0.465 e. The van der Waals surface area contributed by atoms with Gasteiger partial charge in [0.15, 0.2) is 0 Å². The Morgan fingerprint density at radius 1 is 1.03 bits per heavy atom. The monoisotopic (exact) mass is 544 g/mol. The summed E-state index contributed by atoms with van der Waals surface area (Å²) in [7, 11) is 1.40. The molecule has 1 saturated heterocycles. The van der Waals surface area contributed by atoms with Crippen LogP contribution in [-0.4, -0.2) is 54.7 Å². The van der Waals surface area contributed by atoms with Crippen molar-refractivity contribution in [3.63, 3.8) is 0 Å². The highest BCUT2D eigenvalue weighted by molar-refractivity contribution is 7.15. The molecule has 1 aromatic heterocycles. The molecular weight excluding hydrogens is 500 g/mol. The highest BCUT2D eigenvalue weighted by atomic mass is 32.1.